The fourth-order valence-electron chi connectivity index (χ4n) is 4.80. The largest absolute Gasteiger partial charge is 0.383 e. The zero-order valence-electron chi connectivity index (χ0n) is 21.0. The highest BCUT2D eigenvalue weighted by Crippen LogP contribution is 2.33. The SMILES string of the molecule is C=CC(=O)N1CCCC(n2nc(-c3ccc(CNC(=O)c4ccc(C)cc4F)cc3)c3c(N)ncnc32)C1. The van der Waals surface area contributed by atoms with E-state index in [1.807, 2.05) is 28.9 Å². The molecule has 38 heavy (non-hydrogen) atoms. The molecule has 0 aliphatic carbocycles. The first-order chi connectivity index (χ1) is 18.4. The van der Waals surface area contributed by atoms with Crippen molar-refractivity contribution in [3.8, 4) is 11.3 Å². The number of aromatic nitrogens is 4. The summed E-state index contributed by atoms with van der Waals surface area (Å²) in [6.07, 6.45) is 4.43. The first kappa shape index (κ1) is 25.1. The molecule has 5 rings (SSSR count). The first-order valence-corrected chi connectivity index (χ1v) is 12.4. The van der Waals surface area contributed by atoms with Crippen LogP contribution in [0, 0.1) is 12.7 Å². The monoisotopic (exact) mass is 513 g/mol. The van der Waals surface area contributed by atoms with Gasteiger partial charge in [0.25, 0.3) is 5.91 Å². The summed E-state index contributed by atoms with van der Waals surface area (Å²) in [5.74, 6) is -0.802. The van der Waals surface area contributed by atoms with Crippen LogP contribution >= 0.6 is 0 Å². The Balaban J connectivity index is 1.39. The summed E-state index contributed by atoms with van der Waals surface area (Å²) in [5, 5.41) is 8.29. The van der Waals surface area contributed by atoms with Gasteiger partial charge in [-0.1, -0.05) is 36.9 Å². The van der Waals surface area contributed by atoms with Crippen LogP contribution in [0.3, 0.4) is 0 Å². The zero-order valence-corrected chi connectivity index (χ0v) is 21.0. The fraction of sp³-hybridized carbons (Fsp3) is 0.250. The number of carbonyl (C=O) groups is 2. The molecule has 1 fully saturated rings. The zero-order chi connectivity index (χ0) is 26.8. The molecule has 2 amide bonds. The van der Waals surface area contributed by atoms with Gasteiger partial charge in [-0.3, -0.25) is 9.59 Å². The molecule has 10 heteroatoms. The Bertz CT molecular complexity index is 1530. The molecule has 3 heterocycles. The van der Waals surface area contributed by atoms with Crippen molar-refractivity contribution in [2.45, 2.75) is 32.4 Å². The lowest BCUT2D eigenvalue weighted by atomic mass is 10.1. The number of nitrogens with one attached hydrogen (secondary N) is 1. The van der Waals surface area contributed by atoms with Crippen LogP contribution in [0.5, 0.6) is 0 Å². The van der Waals surface area contributed by atoms with Crippen molar-refractivity contribution >= 4 is 28.7 Å². The van der Waals surface area contributed by atoms with Gasteiger partial charge >= 0.3 is 0 Å². The van der Waals surface area contributed by atoms with Gasteiger partial charge in [0.1, 0.15) is 23.7 Å². The van der Waals surface area contributed by atoms with E-state index >= 15 is 0 Å². The number of carbonyl (C=O) groups excluding carboxylic acids is 2. The number of rotatable bonds is 6. The molecule has 9 nitrogen and oxygen atoms in total. The van der Waals surface area contributed by atoms with E-state index in [0.717, 1.165) is 29.5 Å². The van der Waals surface area contributed by atoms with Crippen molar-refractivity contribution in [2.24, 2.45) is 0 Å². The third-order valence-electron chi connectivity index (χ3n) is 6.80. The van der Waals surface area contributed by atoms with Crippen molar-refractivity contribution in [2.75, 3.05) is 18.8 Å². The Kier molecular flexibility index (Phi) is 6.87. The summed E-state index contributed by atoms with van der Waals surface area (Å²) in [6, 6.07) is 12.0. The average molecular weight is 514 g/mol. The number of nitrogens with zero attached hydrogens (tertiary/aromatic N) is 5. The van der Waals surface area contributed by atoms with Gasteiger partial charge in [-0.25, -0.2) is 19.0 Å². The summed E-state index contributed by atoms with van der Waals surface area (Å²) in [4.78, 5) is 35.1. The summed E-state index contributed by atoms with van der Waals surface area (Å²) < 4.78 is 16.0. The van der Waals surface area contributed by atoms with Gasteiger partial charge in [-0.05, 0) is 49.1 Å². The molecule has 1 aliphatic heterocycles. The quantitative estimate of drug-likeness (QED) is 0.379. The van der Waals surface area contributed by atoms with E-state index < -0.39 is 11.7 Å². The molecule has 0 bridgehead atoms. The topological polar surface area (TPSA) is 119 Å². The van der Waals surface area contributed by atoms with E-state index in [9.17, 15) is 14.0 Å². The lowest BCUT2D eigenvalue weighted by molar-refractivity contribution is -0.127. The molecule has 0 radical (unpaired) electrons. The van der Waals surface area contributed by atoms with Crippen molar-refractivity contribution in [1.29, 1.82) is 0 Å². The Labute approximate surface area is 219 Å². The molecule has 194 valence electrons. The van der Waals surface area contributed by atoms with Crippen molar-refractivity contribution in [3.63, 3.8) is 0 Å². The van der Waals surface area contributed by atoms with Crippen LogP contribution in [0.1, 0.15) is 40.4 Å². The first-order valence-electron chi connectivity index (χ1n) is 12.4. The number of nitrogen functional groups attached to an aromatic ring is 1. The normalized spacial score (nSPS) is 15.4. The second-order valence-electron chi connectivity index (χ2n) is 9.40. The third kappa shape index (κ3) is 4.84. The lowest BCUT2D eigenvalue weighted by Crippen LogP contribution is -2.40. The smallest absolute Gasteiger partial charge is 0.254 e. The number of piperidine rings is 1. The number of likely N-dealkylation sites (tertiary alicyclic amines) is 1. The van der Waals surface area contributed by atoms with Crippen LogP contribution in [0.2, 0.25) is 0 Å². The summed E-state index contributed by atoms with van der Waals surface area (Å²) in [7, 11) is 0. The number of anilines is 1. The molecular formula is C28H28FN7O2. The lowest BCUT2D eigenvalue weighted by Gasteiger charge is -2.32. The Morgan fingerprint density at radius 1 is 1.21 bits per heavy atom. The van der Waals surface area contributed by atoms with Crippen LogP contribution in [0.15, 0.2) is 61.4 Å². The maximum atomic E-state index is 14.1. The summed E-state index contributed by atoms with van der Waals surface area (Å²) >= 11 is 0. The average Bonchev–Trinajstić information content (AvgIpc) is 3.33. The second kappa shape index (κ2) is 10.4. The van der Waals surface area contributed by atoms with E-state index in [1.165, 1.54) is 24.5 Å². The van der Waals surface area contributed by atoms with Crippen LogP contribution in [0.4, 0.5) is 10.2 Å². The molecule has 2 aromatic carbocycles. The molecule has 3 N–H and O–H groups in total. The number of aryl methyl sites for hydroxylation is 1. The van der Waals surface area contributed by atoms with Crippen LogP contribution in [0.25, 0.3) is 22.3 Å². The number of amides is 2. The summed E-state index contributed by atoms with van der Waals surface area (Å²) in [5.41, 5.74) is 9.93. The predicted molar refractivity (Wildman–Crippen MR) is 143 cm³/mol. The van der Waals surface area contributed by atoms with Crippen molar-refractivity contribution in [3.05, 3.63) is 84.0 Å². The van der Waals surface area contributed by atoms with Crippen molar-refractivity contribution < 1.29 is 14.0 Å². The summed E-state index contributed by atoms with van der Waals surface area (Å²) in [6.45, 7) is 6.79. The third-order valence-corrected chi connectivity index (χ3v) is 6.80. The second-order valence-corrected chi connectivity index (χ2v) is 9.40. The van der Waals surface area contributed by atoms with Crippen LogP contribution in [-0.2, 0) is 11.3 Å². The standard InChI is InChI=1S/C28H28FN7O2/c1-3-23(37)35-12-4-5-20(15-35)36-27-24(26(30)32-16-33-27)25(34-36)19-9-7-18(8-10-19)14-31-28(38)21-11-6-17(2)13-22(21)29/h3,6-11,13,16,20H,1,4-5,12,14-15H2,2H3,(H,31,38)(H2,30,32,33). The van der Waals surface area contributed by atoms with Gasteiger partial charge in [0, 0.05) is 25.2 Å². The van der Waals surface area contributed by atoms with Crippen LogP contribution < -0.4 is 11.1 Å². The van der Waals surface area contributed by atoms with Gasteiger partial charge in [0.05, 0.1) is 17.0 Å². The van der Waals surface area contributed by atoms with Gasteiger partial charge in [-0.2, -0.15) is 5.10 Å². The van der Waals surface area contributed by atoms with Gasteiger partial charge < -0.3 is 16.0 Å². The number of fused-ring (bicyclic) bond motifs is 1. The van der Waals surface area contributed by atoms with Crippen molar-refractivity contribution in [1.82, 2.24) is 30.0 Å². The number of halogens is 1. The molecule has 4 aromatic rings. The molecule has 1 aliphatic rings. The van der Waals surface area contributed by atoms with E-state index in [0.29, 0.717) is 35.6 Å². The Morgan fingerprint density at radius 2 is 2.00 bits per heavy atom. The maximum absolute atomic E-state index is 14.1. The van der Waals surface area contributed by atoms with E-state index in [1.54, 1.807) is 17.9 Å². The minimum atomic E-state index is -0.546. The minimum absolute atomic E-state index is 0.00998. The Morgan fingerprint density at radius 3 is 2.74 bits per heavy atom. The number of nitrogens with two attached hydrogens (primary N) is 1. The van der Waals surface area contributed by atoms with E-state index in [2.05, 4.69) is 21.9 Å². The molecule has 0 spiro atoms. The highest BCUT2D eigenvalue weighted by Gasteiger charge is 2.28. The highest BCUT2D eigenvalue weighted by molar-refractivity contribution is 5.98. The van der Waals surface area contributed by atoms with Crippen LogP contribution in [-0.4, -0.2) is 49.6 Å². The molecule has 1 unspecified atom stereocenters. The van der Waals surface area contributed by atoms with Gasteiger partial charge in [0.2, 0.25) is 5.91 Å². The van der Waals surface area contributed by atoms with E-state index in [4.69, 9.17) is 10.8 Å². The molecular weight excluding hydrogens is 485 g/mol. The molecule has 0 saturated carbocycles. The maximum Gasteiger partial charge on any atom is 0.254 e. The molecule has 2 aromatic heterocycles. The number of benzene rings is 2. The Hall–Kier alpha value is -4.60. The minimum Gasteiger partial charge on any atom is -0.383 e. The molecule has 1 saturated heterocycles. The number of hydrogen-bond donors (Lipinski definition) is 2. The predicted octanol–water partition coefficient (Wildman–Crippen LogP) is 3.80. The molecule has 1 atom stereocenters. The number of hydrogen-bond acceptors (Lipinski definition) is 6. The highest BCUT2D eigenvalue weighted by atomic mass is 19.1. The van der Waals surface area contributed by atoms with E-state index in [-0.39, 0.29) is 24.1 Å². The van der Waals surface area contributed by atoms with Gasteiger partial charge in [0.15, 0.2) is 5.65 Å². The fourth-order valence-corrected chi connectivity index (χ4v) is 4.80. The van der Waals surface area contributed by atoms with Gasteiger partial charge in [-0.15, -0.1) is 0 Å².